The molecule has 0 fully saturated rings. The Hall–Kier alpha value is -4.27. The fourth-order valence-corrected chi connectivity index (χ4v) is 3.59. The van der Waals surface area contributed by atoms with E-state index < -0.39 is 17.2 Å². The Morgan fingerprint density at radius 3 is 2.67 bits per heavy atom. The van der Waals surface area contributed by atoms with Gasteiger partial charge in [-0.25, -0.2) is 4.79 Å². The van der Waals surface area contributed by atoms with Crippen LogP contribution in [0.2, 0.25) is 0 Å². The predicted molar refractivity (Wildman–Crippen MR) is 126 cm³/mol. The van der Waals surface area contributed by atoms with Gasteiger partial charge >= 0.3 is 5.69 Å². The van der Waals surface area contributed by atoms with Crippen LogP contribution >= 0.6 is 0 Å². The molecular weight excluding hydrogens is 424 g/mol. The maximum atomic E-state index is 13.1. The minimum absolute atomic E-state index is 0.0484. The van der Waals surface area contributed by atoms with Crippen LogP contribution in [-0.2, 0) is 11.3 Å². The molecule has 9 nitrogen and oxygen atoms in total. The van der Waals surface area contributed by atoms with E-state index in [0.29, 0.717) is 17.9 Å². The van der Waals surface area contributed by atoms with Crippen molar-refractivity contribution in [2.45, 2.75) is 19.9 Å². The van der Waals surface area contributed by atoms with Crippen LogP contribution in [0.25, 0.3) is 6.08 Å². The summed E-state index contributed by atoms with van der Waals surface area (Å²) in [7, 11) is 0. The number of nitrogen functional groups attached to an aromatic ring is 1. The summed E-state index contributed by atoms with van der Waals surface area (Å²) in [6.45, 7) is 2.45. The van der Waals surface area contributed by atoms with Crippen molar-refractivity contribution in [3.63, 3.8) is 0 Å². The molecule has 1 amide bonds. The van der Waals surface area contributed by atoms with Crippen LogP contribution in [-0.4, -0.2) is 28.8 Å². The number of anilines is 2. The summed E-state index contributed by atoms with van der Waals surface area (Å²) in [5.74, 6) is 0.747. The Morgan fingerprint density at radius 2 is 1.91 bits per heavy atom. The van der Waals surface area contributed by atoms with Crippen molar-refractivity contribution in [3.8, 4) is 11.5 Å². The Morgan fingerprint density at radius 1 is 1.15 bits per heavy atom. The van der Waals surface area contributed by atoms with E-state index in [1.165, 1.54) is 15.5 Å². The number of nitrogens with two attached hydrogens (primary N) is 1. The molecule has 2 heterocycles. The summed E-state index contributed by atoms with van der Waals surface area (Å²) >= 11 is 0. The van der Waals surface area contributed by atoms with Crippen LogP contribution in [0.1, 0.15) is 24.5 Å². The summed E-state index contributed by atoms with van der Waals surface area (Å²) in [6, 6.07) is 14.6. The standard InChI is InChI=1S/C24H24N4O5/c1-2-12-27(20(29)11-9-16-8-10-18-19(13-16)33-15-32-18)21-22(25)28(24(31)26-23(21)30)14-17-6-4-3-5-7-17/h3-11,13H,2,12,14-15,25H2,1H3,(H,26,30,31)/b11-9+. The second kappa shape index (κ2) is 9.47. The topological polar surface area (TPSA) is 120 Å². The number of aromatic amines is 1. The first kappa shape index (κ1) is 21.9. The Bertz CT molecular complexity index is 1310. The molecule has 0 saturated heterocycles. The number of carbonyl (C=O) groups is 1. The summed E-state index contributed by atoms with van der Waals surface area (Å²) in [4.78, 5) is 41.8. The first-order valence-corrected chi connectivity index (χ1v) is 10.5. The first-order chi connectivity index (χ1) is 16.0. The molecular formula is C24H24N4O5. The molecule has 0 unspecified atom stereocenters. The molecule has 9 heteroatoms. The SMILES string of the molecule is CCCN(C(=O)/C=C/c1ccc2c(c1)OCO2)c1c(N)n(Cc2ccccc2)c(=O)[nH]c1=O. The van der Waals surface area contributed by atoms with Gasteiger partial charge in [0.25, 0.3) is 11.5 Å². The number of fused-ring (bicyclic) bond motifs is 1. The number of benzene rings is 2. The van der Waals surface area contributed by atoms with Crippen LogP contribution in [0.5, 0.6) is 11.5 Å². The molecule has 2 aromatic carbocycles. The summed E-state index contributed by atoms with van der Waals surface area (Å²) in [5, 5.41) is 0. The Balaban J connectivity index is 1.66. The zero-order valence-corrected chi connectivity index (χ0v) is 18.1. The third kappa shape index (κ3) is 4.67. The number of carbonyl (C=O) groups excluding carboxylic acids is 1. The van der Waals surface area contributed by atoms with Gasteiger partial charge in [0.1, 0.15) is 5.82 Å². The fraction of sp³-hybridized carbons (Fsp3) is 0.208. The number of ether oxygens (including phenoxy) is 2. The molecule has 170 valence electrons. The molecule has 3 N–H and O–H groups in total. The second-order valence-corrected chi connectivity index (χ2v) is 7.50. The highest BCUT2D eigenvalue weighted by Gasteiger charge is 2.22. The van der Waals surface area contributed by atoms with Crippen LogP contribution in [0.4, 0.5) is 11.5 Å². The number of hydrogen-bond donors (Lipinski definition) is 2. The van der Waals surface area contributed by atoms with Crippen molar-refractivity contribution in [3.05, 3.63) is 86.6 Å². The zero-order chi connectivity index (χ0) is 23.4. The van der Waals surface area contributed by atoms with Gasteiger partial charge in [-0.2, -0.15) is 0 Å². The van der Waals surface area contributed by atoms with Crippen molar-refractivity contribution in [1.82, 2.24) is 9.55 Å². The quantitative estimate of drug-likeness (QED) is 0.536. The van der Waals surface area contributed by atoms with Crippen molar-refractivity contribution < 1.29 is 14.3 Å². The maximum absolute atomic E-state index is 13.1. The van der Waals surface area contributed by atoms with Gasteiger partial charge in [-0.15, -0.1) is 0 Å². The van der Waals surface area contributed by atoms with Crippen molar-refractivity contribution >= 4 is 23.5 Å². The molecule has 1 aliphatic heterocycles. The molecule has 3 aromatic rings. The van der Waals surface area contributed by atoms with Crippen LogP contribution in [0, 0.1) is 0 Å². The summed E-state index contributed by atoms with van der Waals surface area (Å²) in [6.07, 6.45) is 3.57. The summed E-state index contributed by atoms with van der Waals surface area (Å²) in [5.41, 5.74) is 6.44. The summed E-state index contributed by atoms with van der Waals surface area (Å²) < 4.78 is 11.9. The number of nitrogens with zero attached hydrogens (tertiary/aromatic N) is 2. The van der Waals surface area contributed by atoms with Gasteiger partial charge in [-0.1, -0.05) is 43.3 Å². The third-order valence-corrected chi connectivity index (χ3v) is 5.20. The lowest BCUT2D eigenvalue weighted by atomic mass is 10.2. The van der Waals surface area contributed by atoms with Crippen LogP contribution in [0.3, 0.4) is 0 Å². The molecule has 1 aromatic heterocycles. The highest BCUT2D eigenvalue weighted by Crippen LogP contribution is 2.32. The fourth-order valence-electron chi connectivity index (χ4n) is 3.59. The number of hydrogen-bond acceptors (Lipinski definition) is 6. The molecule has 0 spiro atoms. The molecule has 4 rings (SSSR count). The largest absolute Gasteiger partial charge is 0.454 e. The minimum Gasteiger partial charge on any atom is -0.454 e. The molecule has 0 saturated carbocycles. The van der Waals surface area contributed by atoms with Crippen LogP contribution < -0.4 is 31.4 Å². The first-order valence-electron chi connectivity index (χ1n) is 10.5. The third-order valence-electron chi connectivity index (χ3n) is 5.20. The zero-order valence-electron chi connectivity index (χ0n) is 18.1. The molecule has 1 aliphatic rings. The van der Waals surface area contributed by atoms with E-state index in [1.807, 2.05) is 37.3 Å². The van der Waals surface area contributed by atoms with Gasteiger partial charge in [0.2, 0.25) is 6.79 Å². The normalized spacial score (nSPS) is 12.3. The van der Waals surface area contributed by atoms with E-state index in [-0.39, 0.29) is 31.4 Å². The van der Waals surface area contributed by atoms with E-state index in [9.17, 15) is 14.4 Å². The smallest absolute Gasteiger partial charge is 0.330 e. The predicted octanol–water partition coefficient (Wildman–Crippen LogP) is 2.35. The van der Waals surface area contributed by atoms with E-state index >= 15 is 0 Å². The number of H-pyrrole nitrogens is 1. The Labute approximate surface area is 189 Å². The minimum atomic E-state index is -0.708. The van der Waals surface area contributed by atoms with E-state index in [4.69, 9.17) is 15.2 Å². The highest BCUT2D eigenvalue weighted by molar-refractivity contribution is 6.05. The molecule has 33 heavy (non-hydrogen) atoms. The lowest BCUT2D eigenvalue weighted by Gasteiger charge is -2.23. The molecule has 0 aliphatic carbocycles. The second-order valence-electron chi connectivity index (χ2n) is 7.50. The van der Waals surface area contributed by atoms with Crippen molar-refractivity contribution in [2.24, 2.45) is 0 Å². The van der Waals surface area contributed by atoms with Gasteiger partial charge in [-0.05, 0) is 35.8 Å². The molecule has 0 bridgehead atoms. The molecule has 0 radical (unpaired) electrons. The van der Waals surface area contributed by atoms with E-state index in [2.05, 4.69) is 4.98 Å². The number of rotatable bonds is 7. The van der Waals surface area contributed by atoms with Crippen LogP contribution in [0.15, 0.2) is 64.2 Å². The van der Waals surface area contributed by atoms with E-state index in [1.54, 1.807) is 24.3 Å². The Kier molecular flexibility index (Phi) is 6.30. The lowest BCUT2D eigenvalue weighted by molar-refractivity contribution is -0.114. The monoisotopic (exact) mass is 448 g/mol. The average molecular weight is 448 g/mol. The van der Waals surface area contributed by atoms with Gasteiger partial charge in [0.05, 0.1) is 6.54 Å². The number of amides is 1. The molecule has 0 atom stereocenters. The highest BCUT2D eigenvalue weighted by atomic mass is 16.7. The van der Waals surface area contributed by atoms with Crippen molar-refractivity contribution in [1.29, 1.82) is 0 Å². The van der Waals surface area contributed by atoms with Gasteiger partial charge in [-0.3, -0.25) is 19.1 Å². The average Bonchev–Trinajstić information content (AvgIpc) is 3.28. The van der Waals surface area contributed by atoms with Gasteiger partial charge < -0.3 is 20.1 Å². The number of aromatic nitrogens is 2. The maximum Gasteiger partial charge on any atom is 0.330 e. The van der Waals surface area contributed by atoms with E-state index in [0.717, 1.165) is 11.1 Å². The number of nitrogens with one attached hydrogen (secondary N) is 1. The van der Waals surface area contributed by atoms with Gasteiger partial charge in [0, 0.05) is 12.6 Å². The van der Waals surface area contributed by atoms with Gasteiger partial charge in [0.15, 0.2) is 17.2 Å². The van der Waals surface area contributed by atoms with Crippen molar-refractivity contribution in [2.75, 3.05) is 24.0 Å². The lowest BCUT2D eigenvalue weighted by Crippen LogP contribution is -2.41.